The number of nitrogens with one attached hydrogen (secondary N) is 1. The first-order chi connectivity index (χ1) is 6.86. The molecule has 1 aromatic carbocycles. The minimum absolute atomic E-state index is 1.06. The molecule has 0 aliphatic heterocycles. The van der Waals surface area contributed by atoms with Crippen LogP contribution < -0.4 is 4.72 Å². The predicted octanol–water partition coefficient (Wildman–Crippen LogP) is 3.57. The molecule has 0 aliphatic rings. The van der Waals surface area contributed by atoms with E-state index in [1.165, 1.54) is 11.1 Å². The van der Waals surface area contributed by atoms with Crippen molar-refractivity contribution in [2.45, 2.75) is 11.5 Å². The molecule has 0 saturated carbocycles. The third-order valence-corrected chi connectivity index (χ3v) is 4.27. The molecule has 0 fully saturated rings. The molecule has 0 spiro atoms. The maximum absolute atomic E-state index is 3.05. The average molecular weight is 245 g/mol. The SMILES string of the molecule is CNSSCc1ccc(CSC)cc1. The van der Waals surface area contributed by atoms with Crippen LogP contribution in [0.25, 0.3) is 0 Å². The van der Waals surface area contributed by atoms with E-state index in [4.69, 9.17) is 0 Å². The fourth-order valence-corrected chi connectivity index (χ4v) is 3.02. The molecule has 0 unspecified atom stereocenters. The molecule has 4 heteroatoms. The summed E-state index contributed by atoms with van der Waals surface area (Å²) >= 11 is 1.86. The first kappa shape index (κ1) is 12.3. The summed E-state index contributed by atoms with van der Waals surface area (Å²) in [5.41, 5.74) is 2.80. The van der Waals surface area contributed by atoms with Crippen LogP contribution >= 0.6 is 33.5 Å². The summed E-state index contributed by atoms with van der Waals surface area (Å²) in [5, 5.41) is 0. The lowest BCUT2D eigenvalue weighted by Gasteiger charge is -2.02. The number of thioether (sulfide) groups is 1. The summed E-state index contributed by atoms with van der Waals surface area (Å²) in [6.07, 6.45) is 2.13. The van der Waals surface area contributed by atoms with Crippen LogP contribution in [0.4, 0.5) is 0 Å². The van der Waals surface area contributed by atoms with E-state index in [-0.39, 0.29) is 0 Å². The molecule has 0 radical (unpaired) electrons. The van der Waals surface area contributed by atoms with Gasteiger partial charge >= 0.3 is 0 Å². The Labute approximate surface area is 98.3 Å². The van der Waals surface area contributed by atoms with Crippen molar-refractivity contribution in [1.29, 1.82) is 0 Å². The molecule has 0 heterocycles. The van der Waals surface area contributed by atoms with Crippen LogP contribution in [0.3, 0.4) is 0 Å². The molecule has 0 saturated heterocycles. The second-order valence-electron chi connectivity index (χ2n) is 2.80. The van der Waals surface area contributed by atoms with E-state index in [9.17, 15) is 0 Å². The molecule has 1 nitrogen and oxygen atoms in total. The third kappa shape index (κ3) is 4.64. The number of rotatable bonds is 6. The van der Waals surface area contributed by atoms with Crippen LogP contribution in [0, 0.1) is 0 Å². The van der Waals surface area contributed by atoms with Gasteiger partial charge in [-0.2, -0.15) is 11.8 Å². The standard InChI is InChI=1S/C10H15NS3/c1-11-14-13-8-10-5-3-9(4-6-10)7-12-2/h3-6,11H,7-8H2,1-2H3. The van der Waals surface area contributed by atoms with Gasteiger partial charge in [-0.3, -0.25) is 4.72 Å². The van der Waals surface area contributed by atoms with Gasteiger partial charge in [-0.25, -0.2) is 0 Å². The monoisotopic (exact) mass is 245 g/mol. The first-order valence-corrected chi connectivity index (χ1v) is 8.10. The van der Waals surface area contributed by atoms with Crippen LogP contribution in [-0.4, -0.2) is 13.3 Å². The van der Waals surface area contributed by atoms with E-state index < -0.39 is 0 Å². The molecule has 0 bridgehead atoms. The predicted molar refractivity (Wildman–Crippen MR) is 71.6 cm³/mol. The Morgan fingerprint density at radius 3 is 2.14 bits per heavy atom. The fourth-order valence-electron chi connectivity index (χ4n) is 1.05. The highest BCUT2D eigenvalue weighted by molar-refractivity contribution is 8.75. The topological polar surface area (TPSA) is 12.0 Å². The summed E-state index contributed by atoms with van der Waals surface area (Å²) < 4.78 is 3.05. The van der Waals surface area contributed by atoms with Crippen LogP contribution in [0.1, 0.15) is 11.1 Å². The number of hydrogen-bond acceptors (Lipinski definition) is 4. The molecule has 0 aliphatic carbocycles. The van der Waals surface area contributed by atoms with Crippen LogP contribution in [0.2, 0.25) is 0 Å². The smallest absolute Gasteiger partial charge is 0.0301 e. The average Bonchev–Trinajstić information content (AvgIpc) is 2.21. The highest BCUT2D eigenvalue weighted by atomic mass is 33.1. The van der Waals surface area contributed by atoms with E-state index in [2.05, 4.69) is 35.2 Å². The second kappa shape index (κ2) is 7.51. The van der Waals surface area contributed by atoms with Crippen molar-refractivity contribution >= 4 is 33.5 Å². The Morgan fingerprint density at radius 2 is 1.64 bits per heavy atom. The van der Waals surface area contributed by atoms with Gasteiger partial charge in [0, 0.05) is 11.5 Å². The first-order valence-electron chi connectivity index (χ1n) is 4.38. The molecular formula is C10H15NS3. The zero-order valence-electron chi connectivity index (χ0n) is 8.45. The summed E-state index contributed by atoms with van der Waals surface area (Å²) in [6, 6.07) is 8.87. The van der Waals surface area contributed by atoms with Gasteiger partial charge in [0.1, 0.15) is 0 Å². The molecule has 0 aromatic heterocycles. The van der Waals surface area contributed by atoms with Gasteiger partial charge < -0.3 is 0 Å². The molecule has 0 atom stereocenters. The van der Waals surface area contributed by atoms with Crippen LogP contribution in [0.15, 0.2) is 24.3 Å². The zero-order valence-corrected chi connectivity index (χ0v) is 10.9. The van der Waals surface area contributed by atoms with Crippen LogP contribution in [-0.2, 0) is 11.5 Å². The van der Waals surface area contributed by atoms with Gasteiger partial charge in [0.05, 0.1) is 0 Å². The van der Waals surface area contributed by atoms with E-state index in [0.29, 0.717) is 0 Å². The van der Waals surface area contributed by atoms with Crippen molar-refractivity contribution in [1.82, 2.24) is 4.72 Å². The van der Waals surface area contributed by atoms with Gasteiger partial charge in [0.25, 0.3) is 0 Å². The Hall–Kier alpha value is 0.230. The van der Waals surface area contributed by atoms with Gasteiger partial charge in [-0.15, -0.1) is 0 Å². The van der Waals surface area contributed by atoms with Gasteiger partial charge in [0.15, 0.2) is 0 Å². The molecule has 0 amide bonds. The summed E-state index contributed by atoms with van der Waals surface area (Å²) in [4.78, 5) is 0. The third-order valence-electron chi connectivity index (χ3n) is 1.70. The number of hydrogen-bond donors (Lipinski definition) is 1. The minimum Gasteiger partial charge on any atom is -0.258 e. The number of benzene rings is 1. The highest BCUT2D eigenvalue weighted by Gasteiger charge is 1.94. The zero-order chi connectivity index (χ0) is 10.2. The van der Waals surface area contributed by atoms with E-state index in [0.717, 1.165) is 11.5 Å². The summed E-state index contributed by atoms with van der Waals surface area (Å²) in [6.45, 7) is 0. The van der Waals surface area contributed by atoms with Gasteiger partial charge in [-0.05, 0) is 35.4 Å². The second-order valence-corrected chi connectivity index (χ2v) is 5.97. The van der Waals surface area contributed by atoms with Crippen molar-refractivity contribution in [3.63, 3.8) is 0 Å². The Balaban J connectivity index is 2.38. The summed E-state index contributed by atoms with van der Waals surface area (Å²) in [5.74, 6) is 2.17. The van der Waals surface area contributed by atoms with Gasteiger partial charge in [-0.1, -0.05) is 35.1 Å². The van der Waals surface area contributed by atoms with Crippen LogP contribution in [0.5, 0.6) is 0 Å². The largest absolute Gasteiger partial charge is 0.258 e. The maximum Gasteiger partial charge on any atom is 0.0301 e. The van der Waals surface area contributed by atoms with E-state index in [1.807, 2.05) is 29.6 Å². The fraction of sp³-hybridized carbons (Fsp3) is 0.400. The molecule has 14 heavy (non-hydrogen) atoms. The normalized spacial score (nSPS) is 10.4. The molecule has 1 N–H and O–H groups in total. The Morgan fingerprint density at radius 1 is 1.07 bits per heavy atom. The van der Waals surface area contributed by atoms with E-state index >= 15 is 0 Å². The van der Waals surface area contributed by atoms with Crippen molar-refractivity contribution in [2.75, 3.05) is 13.3 Å². The minimum atomic E-state index is 1.06. The molecule has 1 aromatic rings. The van der Waals surface area contributed by atoms with Crippen molar-refractivity contribution in [3.8, 4) is 0 Å². The molecule has 1 rings (SSSR count). The maximum atomic E-state index is 3.05. The summed E-state index contributed by atoms with van der Waals surface area (Å²) in [7, 11) is 5.45. The Kier molecular flexibility index (Phi) is 6.60. The Bertz CT molecular complexity index is 248. The van der Waals surface area contributed by atoms with Crippen molar-refractivity contribution in [3.05, 3.63) is 35.4 Å². The van der Waals surface area contributed by atoms with E-state index in [1.54, 1.807) is 11.0 Å². The molecule has 78 valence electrons. The van der Waals surface area contributed by atoms with Gasteiger partial charge in [0.2, 0.25) is 0 Å². The lowest BCUT2D eigenvalue weighted by Crippen LogP contribution is -1.87. The van der Waals surface area contributed by atoms with Crippen molar-refractivity contribution < 1.29 is 0 Å². The highest BCUT2D eigenvalue weighted by Crippen LogP contribution is 2.22. The lowest BCUT2D eigenvalue weighted by atomic mass is 10.2. The molecular weight excluding hydrogens is 230 g/mol. The lowest BCUT2D eigenvalue weighted by molar-refractivity contribution is 1.31. The quantitative estimate of drug-likeness (QED) is 0.467. The van der Waals surface area contributed by atoms with Crippen molar-refractivity contribution in [2.24, 2.45) is 0 Å².